The molecular weight excluding hydrogens is 404 g/mol. The van der Waals surface area contributed by atoms with E-state index in [1.807, 2.05) is 19.9 Å². The van der Waals surface area contributed by atoms with Crippen LogP contribution in [0.25, 0.3) is 5.82 Å². The highest BCUT2D eigenvalue weighted by Gasteiger charge is 2.27. The van der Waals surface area contributed by atoms with E-state index in [1.165, 1.54) is 6.20 Å². The highest BCUT2D eigenvalue weighted by Crippen LogP contribution is 2.16. The van der Waals surface area contributed by atoms with Crippen molar-refractivity contribution in [2.45, 2.75) is 33.7 Å². The Morgan fingerprint density at radius 1 is 1.06 bits per heavy atom. The van der Waals surface area contributed by atoms with E-state index in [-0.39, 0.29) is 5.92 Å². The van der Waals surface area contributed by atoms with Crippen LogP contribution in [0.5, 0.6) is 0 Å². The van der Waals surface area contributed by atoms with E-state index in [1.54, 1.807) is 30.7 Å². The fraction of sp³-hybridized carbons (Fsp3) is 0.273. The van der Waals surface area contributed by atoms with E-state index in [9.17, 15) is 18.4 Å². The number of amides is 2. The lowest BCUT2D eigenvalue weighted by Gasteiger charge is -2.22. The molecule has 162 valence electrons. The summed E-state index contributed by atoms with van der Waals surface area (Å²) >= 11 is 0. The van der Waals surface area contributed by atoms with Crippen LogP contribution in [0, 0.1) is 31.4 Å². The minimum absolute atomic E-state index is 0.333. The van der Waals surface area contributed by atoms with Crippen LogP contribution in [0.4, 0.5) is 14.5 Å². The Balaban J connectivity index is 1.73. The van der Waals surface area contributed by atoms with Crippen molar-refractivity contribution >= 4 is 17.5 Å². The Hall–Kier alpha value is -3.62. The Morgan fingerprint density at radius 2 is 1.74 bits per heavy atom. The van der Waals surface area contributed by atoms with Crippen LogP contribution in [0.3, 0.4) is 0 Å². The molecule has 0 aliphatic rings. The number of aromatic nitrogens is 3. The molecule has 0 aliphatic carbocycles. The van der Waals surface area contributed by atoms with Crippen LogP contribution >= 0.6 is 0 Å². The van der Waals surface area contributed by atoms with Crippen molar-refractivity contribution in [3.63, 3.8) is 0 Å². The van der Waals surface area contributed by atoms with E-state index >= 15 is 0 Å². The fourth-order valence-electron chi connectivity index (χ4n) is 3.13. The van der Waals surface area contributed by atoms with Crippen molar-refractivity contribution in [1.29, 1.82) is 0 Å². The number of rotatable bonds is 6. The molecule has 7 nitrogen and oxygen atoms in total. The van der Waals surface area contributed by atoms with Gasteiger partial charge in [0.1, 0.15) is 23.2 Å². The molecule has 2 heterocycles. The number of carbonyl (C=O) groups is 2. The van der Waals surface area contributed by atoms with Gasteiger partial charge in [-0.25, -0.2) is 18.4 Å². The van der Waals surface area contributed by atoms with Gasteiger partial charge in [0.15, 0.2) is 5.82 Å². The van der Waals surface area contributed by atoms with Crippen molar-refractivity contribution in [3.8, 4) is 5.82 Å². The molecule has 3 aromatic rings. The topological polar surface area (TPSA) is 88.9 Å². The molecule has 0 aliphatic heterocycles. The summed E-state index contributed by atoms with van der Waals surface area (Å²) in [5, 5.41) is 9.45. The largest absolute Gasteiger partial charge is 0.340 e. The van der Waals surface area contributed by atoms with Crippen molar-refractivity contribution < 1.29 is 18.4 Å². The number of benzene rings is 1. The molecule has 0 radical (unpaired) electrons. The summed E-state index contributed by atoms with van der Waals surface area (Å²) in [4.78, 5) is 29.5. The first-order chi connectivity index (χ1) is 14.7. The number of nitrogens with zero attached hydrogens (tertiary/aromatic N) is 3. The van der Waals surface area contributed by atoms with Gasteiger partial charge in [-0.2, -0.15) is 5.10 Å². The maximum absolute atomic E-state index is 13.9. The molecule has 3 rings (SSSR count). The number of nitrogens with one attached hydrogen (secondary N) is 2. The molecular formula is C22H23F2N5O2. The Kier molecular flexibility index (Phi) is 6.43. The predicted molar refractivity (Wildman–Crippen MR) is 112 cm³/mol. The number of aryl methyl sites for hydroxylation is 2. The first-order valence-electron chi connectivity index (χ1n) is 9.72. The first-order valence-corrected chi connectivity index (χ1v) is 9.72. The zero-order valence-electron chi connectivity index (χ0n) is 17.6. The second kappa shape index (κ2) is 9.03. The van der Waals surface area contributed by atoms with Gasteiger partial charge in [-0.15, -0.1) is 0 Å². The molecule has 1 atom stereocenters. The summed E-state index contributed by atoms with van der Waals surface area (Å²) in [6.45, 7) is 7.22. The molecule has 2 N–H and O–H groups in total. The Morgan fingerprint density at radius 3 is 2.26 bits per heavy atom. The standard InChI is InChI=1S/C22H23F2N5O2/c1-12(2)20(27-21(30)19-16(23)6-5-7-17(19)24)22(31)26-15-8-9-18(25-11-15)29-14(4)10-13(3)28-29/h5-12,20H,1-4H3,(H,26,31)(H,27,30). The summed E-state index contributed by atoms with van der Waals surface area (Å²) in [7, 11) is 0. The molecule has 0 bridgehead atoms. The smallest absolute Gasteiger partial charge is 0.257 e. The van der Waals surface area contributed by atoms with Crippen molar-refractivity contribution in [2.24, 2.45) is 5.92 Å². The number of pyridine rings is 1. The molecule has 0 saturated heterocycles. The molecule has 31 heavy (non-hydrogen) atoms. The number of anilines is 1. The van der Waals surface area contributed by atoms with Gasteiger partial charge >= 0.3 is 0 Å². The monoisotopic (exact) mass is 427 g/mol. The van der Waals surface area contributed by atoms with Gasteiger partial charge in [-0.05, 0) is 50.1 Å². The third-order valence-corrected chi connectivity index (χ3v) is 4.67. The number of carbonyl (C=O) groups excluding carboxylic acids is 2. The molecule has 1 unspecified atom stereocenters. The van der Waals surface area contributed by atoms with E-state index in [0.717, 1.165) is 29.6 Å². The lowest BCUT2D eigenvalue weighted by Crippen LogP contribution is -2.47. The van der Waals surface area contributed by atoms with Gasteiger partial charge in [0, 0.05) is 5.69 Å². The van der Waals surface area contributed by atoms with Gasteiger partial charge in [0.2, 0.25) is 5.91 Å². The van der Waals surface area contributed by atoms with E-state index < -0.39 is 35.1 Å². The maximum Gasteiger partial charge on any atom is 0.257 e. The molecule has 9 heteroatoms. The third kappa shape index (κ3) is 4.93. The lowest BCUT2D eigenvalue weighted by molar-refractivity contribution is -0.118. The maximum atomic E-state index is 13.9. The molecule has 0 saturated carbocycles. The zero-order valence-corrected chi connectivity index (χ0v) is 17.6. The van der Waals surface area contributed by atoms with Crippen molar-refractivity contribution in [2.75, 3.05) is 5.32 Å². The summed E-state index contributed by atoms with van der Waals surface area (Å²) < 4.78 is 29.5. The van der Waals surface area contributed by atoms with Gasteiger partial charge in [0.25, 0.3) is 5.91 Å². The average Bonchev–Trinajstić information content (AvgIpc) is 3.04. The van der Waals surface area contributed by atoms with Crippen molar-refractivity contribution in [1.82, 2.24) is 20.1 Å². The zero-order chi connectivity index (χ0) is 22.7. The van der Waals surface area contributed by atoms with Crippen LogP contribution in [-0.4, -0.2) is 32.6 Å². The van der Waals surface area contributed by atoms with Gasteiger partial charge < -0.3 is 10.6 Å². The van der Waals surface area contributed by atoms with E-state index in [2.05, 4.69) is 20.7 Å². The summed E-state index contributed by atoms with van der Waals surface area (Å²) in [6.07, 6.45) is 1.47. The van der Waals surface area contributed by atoms with Crippen LogP contribution in [0.2, 0.25) is 0 Å². The minimum Gasteiger partial charge on any atom is -0.340 e. The van der Waals surface area contributed by atoms with Gasteiger partial charge in [-0.3, -0.25) is 9.59 Å². The van der Waals surface area contributed by atoms with Crippen LogP contribution in [0.1, 0.15) is 35.6 Å². The summed E-state index contributed by atoms with van der Waals surface area (Å²) in [6, 6.07) is 7.40. The summed E-state index contributed by atoms with van der Waals surface area (Å²) in [5.74, 6) is -3.26. The SMILES string of the molecule is Cc1cc(C)n(-c2ccc(NC(=O)C(NC(=O)c3c(F)cccc3F)C(C)C)cn2)n1. The predicted octanol–water partition coefficient (Wildman–Crippen LogP) is 3.56. The normalized spacial score (nSPS) is 12.0. The second-order valence-electron chi connectivity index (χ2n) is 7.53. The Labute approximate surface area is 178 Å². The van der Waals surface area contributed by atoms with E-state index in [4.69, 9.17) is 0 Å². The second-order valence-corrected chi connectivity index (χ2v) is 7.53. The van der Waals surface area contributed by atoms with Gasteiger partial charge in [-0.1, -0.05) is 19.9 Å². The third-order valence-electron chi connectivity index (χ3n) is 4.67. The van der Waals surface area contributed by atoms with Gasteiger partial charge in [0.05, 0.1) is 17.6 Å². The quantitative estimate of drug-likeness (QED) is 0.630. The van der Waals surface area contributed by atoms with Crippen LogP contribution in [0.15, 0.2) is 42.6 Å². The first kappa shape index (κ1) is 22.1. The molecule has 2 aromatic heterocycles. The molecule has 2 amide bonds. The highest BCUT2D eigenvalue weighted by atomic mass is 19.1. The van der Waals surface area contributed by atoms with Crippen LogP contribution < -0.4 is 10.6 Å². The molecule has 0 fully saturated rings. The average molecular weight is 427 g/mol. The van der Waals surface area contributed by atoms with Crippen molar-refractivity contribution in [3.05, 3.63) is 71.2 Å². The lowest BCUT2D eigenvalue weighted by atomic mass is 10.0. The number of hydrogen-bond acceptors (Lipinski definition) is 4. The molecule has 1 aromatic carbocycles. The van der Waals surface area contributed by atoms with E-state index in [0.29, 0.717) is 11.5 Å². The number of halogens is 2. The number of hydrogen-bond donors (Lipinski definition) is 2. The Bertz CT molecular complexity index is 1090. The fourth-order valence-corrected chi connectivity index (χ4v) is 3.13. The van der Waals surface area contributed by atoms with Crippen LogP contribution in [-0.2, 0) is 4.79 Å². The molecule has 0 spiro atoms. The highest BCUT2D eigenvalue weighted by molar-refractivity contribution is 6.01. The summed E-state index contributed by atoms with van der Waals surface area (Å²) in [5.41, 5.74) is 1.47. The minimum atomic E-state index is -1.01.